The summed E-state index contributed by atoms with van der Waals surface area (Å²) in [4.78, 5) is 10.9. The van der Waals surface area contributed by atoms with Gasteiger partial charge in [-0.2, -0.15) is 26.3 Å². The minimum atomic E-state index is -5.84. The van der Waals surface area contributed by atoms with Crippen molar-refractivity contribution in [1.29, 1.82) is 0 Å². The molecule has 0 aromatic rings. The topological polar surface area (TPSA) is 61.8 Å². The van der Waals surface area contributed by atoms with Gasteiger partial charge in [0.2, 0.25) is 0 Å². The van der Waals surface area contributed by atoms with Crippen LogP contribution in [0.3, 0.4) is 0 Å². The lowest BCUT2D eigenvalue weighted by Crippen LogP contribution is -2.46. The Balaban J connectivity index is 4.91. The van der Waals surface area contributed by atoms with Crippen LogP contribution in [0.5, 0.6) is 0 Å². The van der Waals surface area contributed by atoms with Gasteiger partial charge in [0.15, 0.2) is 0 Å². The molecule has 0 aromatic carbocycles. The first-order chi connectivity index (χ1) is 8.35. The van der Waals surface area contributed by atoms with Crippen LogP contribution in [0, 0.1) is 0 Å². The second-order valence-corrected chi connectivity index (χ2v) is 5.36. The molecule has 0 aliphatic heterocycles. The van der Waals surface area contributed by atoms with Gasteiger partial charge in [0.25, 0.3) is 6.10 Å². The molecule has 0 saturated carbocycles. The van der Waals surface area contributed by atoms with Crippen LogP contribution >= 0.6 is 7.60 Å². The maximum Gasteiger partial charge on any atom is 0.434 e. The van der Waals surface area contributed by atoms with Gasteiger partial charge in [0, 0.05) is 14.2 Å². The molecule has 0 rings (SSSR count). The predicted molar refractivity (Wildman–Crippen MR) is 48.5 cm³/mol. The van der Waals surface area contributed by atoms with Gasteiger partial charge in [-0.15, -0.1) is 0 Å². The van der Waals surface area contributed by atoms with Crippen LogP contribution in [0.4, 0.5) is 26.3 Å². The minimum absolute atomic E-state index is 0.808. The van der Waals surface area contributed by atoms with Crippen LogP contribution in [0.15, 0.2) is 0 Å². The monoisotopic (exact) mass is 318 g/mol. The summed E-state index contributed by atoms with van der Waals surface area (Å²) >= 11 is 0. The Kier molecular flexibility index (Phi) is 5.84. The molecule has 0 aromatic heterocycles. The molecule has 12 heteroatoms. The molecular weight excluding hydrogens is 309 g/mol. The van der Waals surface area contributed by atoms with E-state index < -0.39 is 38.2 Å². The predicted octanol–water partition coefficient (Wildman–Crippen LogP) is 2.51. The molecule has 19 heavy (non-hydrogen) atoms. The van der Waals surface area contributed by atoms with E-state index in [1.807, 2.05) is 0 Å². The molecule has 0 radical (unpaired) electrons. The van der Waals surface area contributed by atoms with Crippen LogP contribution in [-0.2, 0) is 23.1 Å². The van der Waals surface area contributed by atoms with E-state index in [0.717, 1.165) is 14.2 Å². The van der Waals surface area contributed by atoms with Gasteiger partial charge in [-0.1, -0.05) is 0 Å². The highest BCUT2D eigenvalue weighted by Gasteiger charge is 2.60. The summed E-state index contributed by atoms with van der Waals surface area (Å²) in [5, 5.41) is 0. The summed E-state index contributed by atoms with van der Waals surface area (Å²) in [5.74, 6) is -2.01. The number of carbonyl (C=O) groups excluding carboxylic acids is 1. The zero-order chi connectivity index (χ0) is 15.5. The molecule has 0 aliphatic rings. The molecule has 0 amide bonds. The van der Waals surface area contributed by atoms with Crippen LogP contribution in [0.1, 0.15) is 0 Å². The Morgan fingerprint density at radius 3 is 1.68 bits per heavy atom. The molecule has 0 saturated heterocycles. The number of esters is 1. The van der Waals surface area contributed by atoms with E-state index in [2.05, 4.69) is 13.8 Å². The Bertz CT molecular complexity index is 342. The minimum Gasteiger partial charge on any atom is -0.442 e. The van der Waals surface area contributed by atoms with Gasteiger partial charge >= 0.3 is 25.9 Å². The van der Waals surface area contributed by atoms with Crippen molar-refractivity contribution < 1.29 is 49.5 Å². The number of carbonyl (C=O) groups is 1. The third-order valence-electron chi connectivity index (χ3n) is 1.72. The second-order valence-electron chi connectivity index (χ2n) is 3.09. The summed E-state index contributed by atoms with van der Waals surface area (Å²) < 4.78 is 95.2. The van der Waals surface area contributed by atoms with Gasteiger partial charge in [-0.05, 0) is 0 Å². The second kappa shape index (κ2) is 6.10. The fourth-order valence-corrected chi connectivity index (χ4v) is 1.65. The quantitative estimate of drug-likeness (QED) is 0.443. The number of halogens is 6. The maximum atomic E-state index is 12.0. The lowest BCUT2D eigenvalue weighted by molar-refractivity contribution is -0.312. The van der Waals surface area contributed by atoms with E-state index in [1.54, 1.807) is 0 Å². The fraction of sp³-hybridized carbons (Fsp3) is 0.857. The van der Waals surface area contributed by atoms with Crippen LogP contribution in [-0.4, -0.2) is 44.8 Å². The molecular formula is C7H9F6O5P. The maximum absolute atomic E-state index is 12.0. The van der Waals surface area contributed by atoms with E-state index in [0.29, 0.717) is 0 Å². The highest BCUT2D eigenvalue weighted by atomic mass is 31.2. The number of hydrogen-bond acceptors (Lipinski definition) is 5. The molecule has 0 N–H and O–H groups in total. The zero-order valence-corrected chi connectivity index (χ0v) is 10.4. The summed E-state index contributed by atoms with van der Waals surface area (Å²) in [5.41, 5.74) is 0. The number of ether oxygens (including phenoxy) is 1. The molecule has 0 bridgehead atoms. The summed E-state index contributed by atoms with van der Waals surface area (Å²) in [6.07, 6.45) is -17.3. The molecule has 0 unspecified atom stereocenters. The van der Waals surface area contributed by atoms with Crippen molar-refractivity contribution in [3.05, 3.63) is 0 Å². The van der Waals surface area contributed by atoms with Gasteiger partial charge in [0.1, 0.15) is 6.16 Å². The molecule has 0 atom stereocenters. The standard InChI is InChI=1S/C7H9F6O5P/c1-16-19(15,17-2)3-4(14)18-5(6(8,9)10)7(11,12)13/h5H,3H2,1-2H3. The third kappa shape index (κ3) is 5.79. The van der Waals surface area contributed by atoms with Gasteiger partial charge in [0.05, 0.1) is 0 Å². The highest BCUT2D eigenvalue weighted by Crippen LogP contribution is 2.46. The van der Waals surface area contributed by atoms with E-state index >= 15 is 0 Å². The van der Waals surface area contributed by atoms with Crippen molar-refractivity contribution in [3.8, 4) is 0 Å². The largest absolute Gasteiger partial charge is 0.442 e. The van der Waals surface area contributed by atoms with Crippen molar-refractivity contribution in [2.75, 3.05) is 20.4 Å². The first-order valence-electron chi connectivity index (χ1n) is 4.39. The van der Waals surface area contributed by atoms with E-state index in [-0.39, 0.29) is 0 Å². The van der Waals surface area contributed by atoms with Gasteiger partial charge < -0.3 is 13.8 Å². The molecule has 5 nitrogen and oxygen atoms in total. The fourth-order valence-electron chi connectivity index (χ4n) is 0.850. The van der Waals surface area contributed by atoms with Gasteiger partial charge in [-0.3, -0.25) is 9.36 Å². The van der Waals surface area contributed by atoms with Crippen molar-refractivity contribution >= 4 is 13.6 Å². The van der Waals surface area contributed by atoms with Crippen LogP contribution in [0.25, 0.3) is 0 Å². The molecule has 0 aliphatic carbocycles. The van der Waals surface area contributed by atoms with Crippen molar-refractivity contribution in [1.82, 2.24) is 0 Å². The summed E-state index contributed by atoms with van der Waals surface area (Å²) in [6, 6.07) is 0. The Hall–Kier alpha value is -0.800. The average molecular weight is 318 g/mol. The highest BCUT2D eigenvalue weighted by molar-refractivity contribution is 7.54. The molecule has 114 valence electrons. The average Bonchev–Trinajstić information content (AvgIpc) is 2.22. The lowest BCUT2D eigenvalue weighted by Gasteiger charge is -2.23. The van der Waals surface area contributed by atoms with Crippen molar-refractivity contribution in [2.24, 2.45) is 0 Å². The lowest BCUT2D eigenvalue weighted by atomic mass is 10.3. The Labute approximate surface area is 103 Å². The third-order valence-corrected chi connectivity index (χ3v) is 3.48. The summed E-state index contributed by atoms with van der Waals surface area (Å²) in [6.45, 7) is 0. The van der Waals surface area contributed by atoms with E-state index in [4.69, 9.17) is 0 Å². The van der Waals surface area contributed by atoms with Crippen molar-refractivity contribution in [3.63, 3.8) is 0 Å². The first kappa shape index (κ1) is 18.2. The smallest absolute Gasteiger partial charge is 0.434 e. The first-order valence-corrected chi connectivity index (χ1v) is 6.12. The SMILES string of the molecule is COP(=O)(CC(=O)OC(C(F)(F)F)C(F)(F)F)OC. The van der Waals surface area contributed by atoms with Crippen LogP contribution in [0.2, 0.25) is 0 Å². The Morgan fingerprint density at radius 1 is 1.05 bits per heavy atom. The van der Waals surface area contributed by atoms with Gasteiger partial charge in [-0.25, -0.2) is 0 Å². The summed E-state index contributed by atoms with van der Waals surface area (Å²) in [7, 11) is -2.49. The number of alkyl halides is 6. The molecule has 0 spiro atoms. The zero-order valence-electron chi connectivity index (χ0n) is 9.54. The number of hydrogen-bond donors (Lipinski definition) is 0. The van der Waals surface area contributed by atoms with E-state index in [9.17, 15) is 35.7 Å². The molecule has 0 heterocycles. The normalized spacial score (nSPS) is 13.7. The van der Waals surface area contributed by atoms with E-state index in [1.165, 1.54) is 0 Å². The van der Waals surface area contributed by atoms with Crippen LogP contribution < -0.4 is 0 Å². The van der Waals surface area contributed by atoms with Crippen molar-refractivity contribution in [2.45, 2.75) is 18.5 Å². The Morgan fingerprint density at radius 2 is 1.42 bits per heavy atom. The molecule has 0 fully saturated rings. The number of rotatable bonds is 5.